The Labute approximate surface area is 86.6 Å². The largest absolute Gasteiger partial charge is 0.342 e. The van der Waals surface area contributed by atoms with Crippen molar-refractivity contribution >= 4 is 5.91 Å². The molecule has 0 aromatic carbocycles. The van der Waals surface area contributed by atoms with E-state index in [1.54, 1.807) is 0 Å². The quantitative estimate of drug-likeness (QED) is 0.741. The molecule has 0 heterocycles. The summed E-state index contributed by atoms with van der Waals surface area (Å²) in [6.07, 6.45) is 3.51. The van der Waals surface area contributed by atoms with Crippen molar-refractivity contribution in [3.8, 4) is 0 Å². The molecule has 0 aromatic rings. The van der Waals surface area contributed by atoms with Crippen LogP contribution in [0.15, 0.2) is 0 Å². The van der Waals surface area contributed by atoms with Crippen LogP contribution in [0.4, 0.5) is 0 Å². The summed E-state index contributed by atoms with van der Waals surface area (Å²) < 4.78 is 0. The lowest BCUT2D eigenvalue weighted by Crippen LogP contribution is -2.43. The van der Waals surface area contributed by atoms with Crippen molar-refractivity contribution in [2.24, 2.45) is 17.6 Å². The third-order valence-electron chi connectivity index (χ3n) is 3.26. The van der Waals surface area contributed by atoms with Gasteiger partial charge >= 0.3 is 0 Å². The summed E-state index contributed by atoms with van der Waals surface area (Å²) in [5, 5.41) is 0. The summed E-state index contributed by atoms with van der Waals surface area (Å²) >= 11 is 0. The second-order valence-electron chi connectivity index (χ2n) is 4.60. The van der Waals surface area contributed by atoms with Crippen molar-refractivity contribution in [2.75, 3.05) is 13.6 Å². The normalized spacial score (nSPS) is 26.9. The molecule has 82 valence electrons. The van der Waals surface area contributed by atoms with Gasteiger partial charge in [-0.15, -0.1) is 0 Å². The molecule has 2 atom stereocenters. The Bertz CT molecular complexity index is 203. The lowest BCUT2D eigenvalue weighted by Gasteiger charge is -2.30. The highest BCUT2D eigenvalue weighted by Gasteiger charge is 2.32. The van der Waals surface area contributed by atoms with Gasteiger partial charge in [-0.25, -0.2) is 0 Å². The molecule has 1 aliphatic rings. The van der Waals surface area contributed by atoms with Gasteiger partial charge in [0.05, 0.1) is 0 Å². The first-order valence-electron chi connectivity index (χ1n) is 5.54. The molecule has 0 aromatic heterocycles. The van der Waals surface area contributed by atoms with Gasteiger partial charge in [0.25, 0.3) is 0 Å². The fourth-order valence-electron chi connectivity index (χ4n) is 2.37. The second-order valence-corrected chi connectivity index (χ2v) is 4.60. The van der Waals surface area contributed by atoms with Gasteiger partial charge in [-0.1, -0.05) is 20.3 Å². The maximum absolute atomic E-state index is 11.8. The van der Waals surface area contributed by atoms with Crippen LogP contribution in [-0.4, -0.2) is 30.4 Å². The molecule has 3 nitrogen and oxygen atoms in total. The minimum absolute atomic E-state index is 0.0963. The van der Waals surface area contributed by atoms with E-state index in [1.807, 2.05) is 25.8 Å². The van der Waals surface area contributed by atoms with Crippen LogP contribution in [0.3, 0.4) is 0 Å². The topological polar surface area (TPSA) is 46.3 Å². The summed E-state index contributed by atoms with van der Waals surface area (Å²) in [6.45, 7) is 4.61. The number of carbonyl (C=O) groups is 1. The number of nitrogens with two attached hydrogens (primary N) is 1. The van der Waals surface area contributed by atoms with Crippen LogP contribution in [0.1, 0.15) is 33.1 Å². The maximum Gasteiger partial charge on any atom is 0.225 e. The molecule has 3 heteroatoms. The van der Waals surface area contributed by atoms with Crippen LogP contribution in [0.2, 0.25) is 0 Å². The predicted octanol–water partition coefficient (Wildman–Crippen LogP) is 1.23. The van der Waals surface area contributed by atoms with E-state index in [-0.39, 0.29) is 11.8 Å². The molecule has 2 unspecified atom stereocenters. The Hall–Kier alpha value is -0.570. The van der Waals surface area contributed by atoms with Gasteiger partial charge in [0.15, 0.2) is 0 Å². The van der Waals surface area contributed by atoms with Crippen molar-refractivity contribution in [2.45, 2.75) is 39.2 Å². The van der Waals surface area contributed by atoms with E-state index >= 15 is 0 Å². The van der Waals surface area contributed by atoms with Gasteiger partial charge in [-0.2, -0.15) is 0 Å². The lowest BCUT2D eigenvalue weighted by atomic mass is 10.0. The van der Waals surface area contributed by atoms with Crippen molar-refractivity contribution in [3.05, 3.63) is 0 Å². The molecule has 0 spiro atoms. The van der Waals surface area contributed by atoms with Crippen molar-refractivity contribution in [1.82, 2.24) is 4.90 Å². The van der Waals surface area contributed by atoms with Crippen LogP contribution in [0, 0.1) is 11.8 Å². The zero-order chi connectivity index (χ0) is 10.7. The Kier molecular flexibility index (Phi) is 3.93. The van der Waals surface area contributed by atoms with Gasteiger partial charge in [-0.05, 0) is 25.3 Å². The highest BCUT2D eigenvalue weighted by Crippen LogP contribution is 2.29. The standard InChI is InChI=1S/C11H22N2O/c1-8(2)11(14)13(3)10-6-4-5-9(10)7-12/h8-10H,4-7,12H2,1-3H3. The van der Waals surface area contributed by atoms with Gasteiger partial charge in [0.2, 0.25) is 5.91 Å². The molecule has 0 saturated heterocycles. The molecule has 0 aliphatic heterocycles. The molecule has 0 radical (unpaired) electrons. The number of amides is 1. The number of hydrogen-bond donors (Lipinski definition) is 1. The van der Waals surface area contributed by atoms with Crippen LogP contribution in [0.5, 0.6) is 0 Å². The first-order valence-corrected chi connectivity index (χ1v) is 5.54. The van der Waals surface area contributed by atoms with Crippen molar-refractivity contribution in [3.63, 3.8) is 0 Å². The number of nitrogens with zero attached hydrogens (tertiary/aromatic N) is 1. The predicted molar refractivity (Wildman–Crippen MR) is 57.8 cm³/mol. The lowest BCUT2D eigenvalue weighted by molar-refractivity contribution is -0.135. The van der Waals surface area contributed by atoms with Crippen LogP contribution in [-0.2, 0) is 4.79 Å². The van der Waals surface area contributed by atoms with Crippen molar-refractivity contribution < 1.29 is 4.79 Å². The summed E-state index contributed by atoms with van der Waals surface area (Å²) in [5.41, 5.74) is 5.70. The maximum atomic E-state index is 11.8. The SMILES string of the molecule is CC(C)C(=O)N(C)C1CCCC1CN. The van der Waals surface area contributed by atoms with Crippen molar-refractivity contribution in [1.29, 1.82) is 0 Å². The number of rotatable bonds is 3. The van der Waals surface area contributed by atoms with E-state index in [0.29, 0.717) is 18.5 Å². The highest BCUT2D eigenvalue weighted by atomic mass is 16.2. The third kappa shape index (κ3) is 2.27. The molecule has 1 rings (SSSR count). The number of carbonyl (C=O) groups excluding carboxylic acids is 1. The molecule has 1 saturated carbocycles. The van der Waals surface area contributed by atoms with Gasteiger partial charge in [-0.3, -0.25) is 4.79 Å². The van der Waals surface area contributed by atoms with E-state index in [4.69, 9.17) is 5.73 Å². The Morgan fingerprint density at radius 1 is 1.50 bits per heavy atom. The summed E-state index contributed by atoms with van der Waals surface area (Å²) in [4.78, 5) is 13.7. The van der Waals surface area contributed by atoms with E-state index in [9.17, 15) is 4.79 Å². The van der Waals surface area contributed by atoms with Gasteiger partial charge in [0, 0.05) is 19.0 Å². The summed E-state index contributed by atoms with van der Waals surface area (Å²) in [6, 6.07) is 0.384. The first-order chi connectivity index (χ1) is 6.57. The minimum atomic E-state index is 0.0963. The van der Waals surface area contributed by atoms with Crippen LogP contribution < -0.4 is 5.73 Å². The molecule has 1 amide bonds. The fraction of sp³-hybridized carbons (Fsp3) is 0.909. The fourth-order valence-corrected chi connectivity index (χ4v) is 2.37. The van der Waals surface area contributed by atoms with Crippen LogP contribution >= 0.6 is 0 Å². The molecule has 1 fully saturated rings. The zero-order valence-corrected chi connectivity index (χ0v) is 9.49. The minimum Gasteiger partial charge on any atom is -0.342 e. The Morgan fingerprint density at radius 3 is 2.64 bits per heavy atom. The monoisotopic (exact) mass is 198 g/mol. The molecule has 1 aliphatic carbocycles. The second kappa shape index (κ2) is 4.78. The third-order valence-corrected chi connectivity index (χ3v) is 3.26. The molecular formula is C11H22N2O. The molecule has 2 N–H and O–H groups in total. The Morgan fingerprint density at radius 2 is 2.14 bits per heavy atom. The van der Waals surface area contributed by atoms with Crippen LogP contribution in [0.25, 0.3) is 0 Å². The molecule has 14 heavy (non-hydrogen) atoms. The number of hydrogen-bond acceptors (Lipinski definition) is 2. The average molecular weight is 198 g/mol. The summed E-state index contributed by atoms with van der Waals surface area (Å²) in [7, 11) is 1.92. The Balaban J connectivity index is 2.59. The van der Waals surface area contributed by atoms with E-state index in [1.165, 1.54) is 12.8 Å². The zero-order valence-electron chi connectivity index (χ0n) is 9.49. The van der Waals surface area contributed by atoms with E-state index in [2.05, 4.69) is 0 Å². The molecular weight excluding hydrogens is 176 g/mol. The van der Waals surface area contributed by atoms with Gasteiger partial charge in [0.1, 0.15) is 0 Å². The smallest absolute Gasteiger partial charge is 0.225 e. The van der Waals surface area contributed by atoms with E-state index in [0.717, 1.165) is 6.42 Å². The van der Waals surface area contributed by atoms with Gasteiger partial charge < -0.3 is 10.6 Å². The first kappa shape index (κ1) is 11.5. The highest BCUT2D eigenvalue weighted by molar-refractivity contribution is 5.78. The van der Waals surface area contributed by atoms with E-state index < -0.39 is 0 Å². The molecule has 0 bridgehead atoms. The average Bonchev–Trinajstić information content (AvgIpc) is 2.62. The summed E-state index contributed by atoms with van der Waals surface area (Å²) in [5.74, 6) is 0.858.